The molecule has 1 aromatic carbocycles. The molecule has 1 saturated heterocycles. The van der Waals surface area contributed by atoms with Crippen LogP contribution in [0.25, 0.3) is 0 Å². The molecular weight excluding hydrogens is 310 g/mol. The van der Waals surface area contributed by atoms with E-state index in [9.17, 15) is 0 Å². The Hall–Kier alpha value is -2.32. The number of piperidine rings is 1. The van der Waals surface area contributed by atoms with Crippen molar-refractivity contribution in [1.29, 1.82) is 5.26 Å². The van der Waals surface area contributed by atoms with Gasteiger partial charge in [-0.2, -0.15) is 5.26 Å². The van der Waals surface area contributed by atoms with E-state index < -0.39 is 0 Å². The zero-order chi connectivity index (χ0) is 16.2. The van der Waals surface area contributed by atoms with E-state index >= 15 is 0 Å². The highest BCUT2D eigenvalue weighted by Gasteiger charge is 2.25. The van der Waals surface area contributed by atoms with Crippen molar-refractivity contribution in [3.05, 3.63) is 47.2 Å². The monoisotopic (exact) mass is 327 g/mol. The summed E-state index contributed by atoms with van der Waals surface area (Å²) in [5.74, 6) is 0.739. The van der Waals surface area contributed by atoms with Gasteiger partial charge in [0.05, 0.1) is 11.6 Å². The lowest BCUT2D eigenvalue weighted by Crippen LogP contribution is -2.47. The van der Waals surface area contributed by atoms with Crippen LogP contribution < -0.4 is 9.80 Å². The molecule has 1 aliphatic rings. The highest BCUT2D eigenvalue weighted by molar-refractivity contribution is 6.31. The minimum absolute atomic E-state index is 0.329. The SMILES string of the molecule is CN(c1ncccn1)C1CCCN(c2cc(Cl)cc(C#N)c2)C1. The molecule has 23 heavy (non-hydrogen) atoms. The van der Waals surface area contributed by atoms with Crippen molar-refractivity contribution in [2.24, 2.45) is 0 Å². The molecule has 0 saturated carbocycles. The van der Waals surface area contributed by atoms with Crippen molar-refractivity contribution in [3.63, 3.8) is 0 Å². The van der Waals surface area contributed by atoms with Gasteiger partial charge in [0.25, 0.3) is 0 Å². The standard InChI is InChI=1S/C17H18ClN5/c1-22(17-20-5-3-6-21-17)15-4-2-7-23(12-15)16-9-13(11-19)8-14(18)10-16/h3,5-6,8-10,15H,2,4,7,12H2,1H3. The van der Waals surface area contributed by atoms with Crippen molar-refractivity contribution in [2.45, 2.75) is 18.9 Å². The quantitative estimate of drug-likeness (QED) is 0.867. The molecule has 1 unspecified atom stereocenters. The maximum absolute atomic E-state index is 9.12. The predicted octanol–water partition coefficient (Wildman–Crippen LogP) is 3.11. The van der Waals surface area contributed by atoms with Gasteiger partial charge >= 0.3 is 0 Å². The molecule has 0 amide bonds. The van der Waals surface area contributed by atoms with Crippen LogP contribution >= 0.6 is 11.6 Å². The zero-order valence-electron chi connectivity index (χ0n) is 13.0. The summed E-state index contributed by atoms with van der Waals surface area (Å²) >= 11 is 6.13. The molecule has 1 fully saturated rings. The molecular formula is C17H18ClN5. The van der Waals surface area contributed by atoms with Crippen LogP contribution in [0, 0.1) is 11.3 Å². The number of hydrogen-bond donors (Lipinski definition) is 0. The topological polar surface area (TPSA) is 56.1 Å². The number of nitrogens with zero attached hydrogens (tertiary/aromatic N) is 5. The van der Waals surface area contributed by atoms with Crippen LogP contribution in [0.1, 0.15) is 18.4 Å². The van der Waals surface area contributed by atoms with Gasteiger partial charge in [-0.05, 0) is 37.1 Å². The van der Waals surface area contributed by atoms with Gasteiger partial charge in [-0.1, -0.05) is 11.6 Å². The molecule has 2 aromatic rings. The van der Waals surface area contributed by atoms with Gasteiger partial charge in [-0.3, -0.25) is 0 Å². The molecule has 5 nitrogen and oxygen atoms in total. The first-order chi connectivity index (χ1) is 11.2. The lowest BCUT2D eigenvalue weighted by Gasteiger charge is -2.38. The Kier molecular flexibility index (Phi) is 4.63. The lowest BCUT2D eigenvalue weighted by molar-refractivity contribution is 0.483. The summed E-state index contributed by atoms with van der Waals surface area (Å²) in [4.78, 5) is 13.1. The van der Waals surface area contributed by atoms with E-state index in [1.807, 2.05) is 25.2 Å². The van der Waals surface area contributed by atoms with Gasteiger partial charge in [0, 0.05) is 49.3 Å². The summed E-state index contributed by atoms with van der Waals surface area (Å²) in [6, 6.07) is 9.82. The van der Waals surface area contributed by atoms with E-state index in [4.69, 9.17) is 16.9 Å². The first kappa shape index (κ1) is 15.6. The molecule has 1 atom stereocenters. The molecule has 1 aliphatic heterocycles. The van der Waals surface area contributed by atoms with Crippen LogP contribution in [0.15, 0.2) is 36.7 Å². The second kappa shape index (κ2) is 6.84. The fourth-order valence-corrected chi connectivity index (χ4v) is 3.19. The van der Waals surface area contributed by atoms with Crippen LogP contribution in [0.2, 0.25) is 5.02 Å². The smallest absolute Gasteiger partial charge is 0.225 e. The average Bonchev–Trinajstić information content (AvgIpc) is 2.61. The van der Waals surface area contributed by atoms with Crippen LogP contribution in [0.3, 0.4) is 0 Å². The molecule has 0 aliphatic carbocycles. The number of nitriles is 1. The maximum atomic E-state index is 9.12. The summed E-state index contributed by atoms with van der Waals surface area (Å²) < 4.78 is 0. The Balaban J connectivity index is 1.79. The number of rotatable bonds is 3. The van der Waals surface area contributed by atoms with Crippen molar-refractivity contribution in [2.75, 3.05) is 29.9 Å². The van der Waals surface area contributed by atoms with Gasteiger partial charge in [0.15, 0.2) is 0 Å². The van der Waals surface area contributed by atoms with Gasteiger partial charge in [-0.25, -0.2) is 9.97 Å². The molecule has 0 radical (unpaired) electrons. The first-order valence-corrected chi connectivity index (χ1v) is 8.00. The van der Waals surface area contributed by atoms with Gasteiger partial charge < -0.3 is 9.80 Å². The van der Waals surface area contributed by atoms with Gasteiger partial charge in [0.2, 0.25) is 5.95 Å². The molecule has 3 rings (SSSR count). The Bertz CT molecular complexity index is 713. The summed E-state index contributed by atoms with van der Waals surface area (Å²) in [5.41, 5.74) is 1.59. The third kappa shape index (κ3) is 3.54. The number of likely N-dealkylation sites (N-methyl/N-ethyl adjacent to an activating group) is 1. The molecule has 118 valence electrons. The normalized spacial score (nSPS) is 17.6. The van der Waals surface area contributed by atoms with Gasteiger partial charge in [-0.15, -0.1) is 0 Å². The largest absolute Gasteiger partial charge is 0.369 e. The van der Waals surface area contributed by atoms with Gasteiger partial charge in [0.1, 0.15) is 0 Å². The zero-order valence-corrected chi connectivity index (χ0v) is 13.7. The predicted molar refractivity (Wildman–Crippen MR) is 91.8 cm³/mol. The van der Waals surface area contributed by atoms with Crippen LogP contribution in [-0.4, -0.2) is 36.1 Å². The van der Waals surface area contributed by atoms with Crippen molar-refractivity contribution in [3.8, 4) is 6.07 Å². The van der Waals surface area contributed by atoms with E-state index in [1.54, 1.807) is 18.5 Å². The molecule has 0 N–H and O–H groups in total. The first-order valence-electron chi connectivity index (χ1n) is 7.63. The number of benzene rings is 1. The number of aromatic nitrogens is 2. The van der Waals surface area contributed by atoms with Crippen molar-refractivity contribution >= 4 is 23.2 Å². The minimum Gasteiger partial charge on any atom is -0.369 e. The Morgan fingerprint density at radius 3 is 2.83 bits per heavy atom. The van der Waals surface area contributed by atoms with Crippen LogP contribution in [0.5, 0.6) is 0 Å². The Labute approximate surface area is 141 Å². The molecule has 2 heterocycles. The van der Waals surface area contributed by atoms with Crippen molar-refractivity contribution in [1.82, 2.24) is 9.97 Å². The van der Waals surface area contributed by atoms with Crippen LogP contribution in [-0.2, 0) is 0 Å². The average molecular weight is 328 g/mol. The van der Waals surface area contributed by atoms with E-state index in [0.717, 1.165) is 37.6 Å². The Morgan fingerprint density at radius 1 is 1.30 bits per heavy atom. The summed E-state index contributed by atoms with van der Waals surface area (Å²) in [6.07, 6.45) is 5.69. The highest BCUT2D eigenvalue weighted by Crippen LogP contribution is 2.27. The van der Waals surface area contributed by atoms with E-state index in [2.05, 4.69) is 25.8 Å². The number of hydrogen-bond acceptors (Lipinski definition) is 5. The fraction of sp³-hybridized carbons (Fsp3) is 0.353. The lowest BCUT2D eigenvalue weighted by atomic mass is 10.0. The van der Waals surface area contributed by atoms with E-state index in [1.165, 1.54) is 0 Å². The molecule has 6 heteroatoms. The highest BCUT2D eigenvalue weighted by atomic mass is 35.5. The third-order valence-electron chi connectivity index (χ3n) is 4.19. The molecule has 0 bridgehead atoms. The van der Waals surface area contributed by atoms with Crippen LogP contribution in [0.4, 0.5) is 11.6 Å². The molecule has 0 spiro atoms. The second-order valence-corrected chi connectivity index (χ2v) is 6.15. The van der Waals surface area contributed by atoms with E-state index in [-0.39, 0.29) is 0 Å². The van der Waals surface area contributed by atoms with Crippen molar-refractivity contribution < 1.29 is 0 Å². The molecule has 1 aromatic heterocycles. The fourth-order valence-electron chi connectivity index (χ4n) is 2.96. The van der Waals surface area contributed by atoms with E-state index in [0.29, 0.717) is 16.6 Å². The Morgan fingerprint density at radius 2 is 2.09 bits per heavy atom. The number of halogens is 1. The number of anilines is 2. The summed E-state index contributed by atoms with van der Waals surface area (Å²) in [7, 11) is 2.03. The maximum Gasteiger partial charge on any atom is 0.225 e. The minimum atomic E-state index is 0.329. The second-order valence-electron chi connectivity index (χ2n) is 5.71. The third-order valence-corrected chi connectivity index (χ3v) is 4.41. The summed E-state index contributed by atoms with van der Waals surface area (Å²) in [5, 5.41) is 9.72. The summed E-state index contributed by atoms with van der Waals surface area (Å²) in [6.45, 7) is 1.82.